The molecule has 0 aromatic rings. The molecule has 0 saturated carbocycles. The van der Waals surface area contributed by atoms with Gasteiger partial charge in [-0.15, -0.1) is 0 Å². The number of unbranched alkanes of at least 4 members (excludes halogenated alkanes) is 19. The quantitative estimate of drug-likeness (QED) is 0.136. The standard InChI is InChI=1S/C22H46O4S.H3N/c1-2-3-4-5-6-7-8-9-10-11-12-13-14-15-16-17-18-19-20-21-22-26-27(23,24)25;/h2-22H2,1H3,(H,23,24,25);1H3/p+1. The fourth-order valence-electron chi connectivity index (χ4n) is 3.52. The highest BCUT2D eigenvalue weighted by Gasteiger charge is 2.02. The first-order valence-corrected chi connectivity index (χ1v) is 13.0. The van der Waals surface area contributed by atoms with Gasteiger partial charge in [-0.05, 0) is 6.42 Å². The molecule has 0 aliphatic carbocycles. The summed E-state index contributed by atoms with van der Waals surface area (Å²) in [6.45, 7) is 2.37. The molecule has 0 aliphatic heterocycles. The van der Waals surface area contributed by atoms with E-state index in [0.717, 1.165) is 12.8 Å². The van der Waals surface area contributed by atoms with Crippen molar-refractivity contribution in [2.45, 2.75) is 135 Å². The average Bonchev–Trinajstić information content (AvgIpc) is 2.62. The van der Waals surface area contributed by atoms with E-state index in [1.54, 1.807) is 0 Å². The lowest BCUT2D eigenvalue weighted by atomic mass is 10.0. The van der Waals surface area contributed by atoms with Gasteiger partial charge in [0.05, 0.1) is 6.61 Å². The highest BCUT2D eigenvalue weighted by atomic mass is 32.3. The van der Waals surface area contributed by atoms with Crippen LogP contribution in [0.5, 0.6) is 0 Å². The Morgan fingerprint density at radius 1 is 0.536 bits per heavy atom. The fourth-order valence-corrected chi connectivity index (χ4v) is 3.85. The van der Waals surface area contributed by atoms with Gasteiger partial charge in [0, 0.05) is 0 Å². The van der Waals surface area contributed by atoms with E-state index in [1.165, 1.54) is 109 Å². The van der Waals surface area contributed by atoms with Crippen molar-refractivity contribution >= 4 is 10.4 Å². The van der Waals surface area contributed by atoms with Crippen LogP contribution in [0.25, 0.3) is 0 Å². The van der Waals surface area contributed by atoms with E-state index < -0.39 is 10.4 Å². The molecule has 0 radical (unpaired) electrons. The van der Waals surface area contributed by atoms with Crippen LogP contribution in [0, 0.1) is 0 Å². The minimum atomic E-state index is -4.25. The molecular formula is C22H50NO4S+. The minimum absolute atomic E-state index is 0. The first kappa shape index (κ1) is 30.0. The maximum Gasteiger partial charge on any atom is 0.397 e. The number of rotatable bonds is 22. The van der Waals surface area contributed by atoms with E-state index in [2.05, 4.69) is 11.1 Å². The summed E-state index contributed by atoms with van der Waals surface area (Å²) in [6.07, 6.45) is 26.3. The lowest BCUT2D eigenvalue weighted by Crippen LogP contribution is -2.04. The lowest BCUT2D eigenvalue weighted by molar-refractivity contribution is 0.261. The Bertz CT molecular complexity index is 388. The summed E-state index contributed by atoms with van der Waals surface area (Å²) in [5, 5.41) is 0. The van der Waals surface area contributed by atoms with Gasteiger partial charge in [0.15, 0.2) is 0 Å². The van der Waals surface area contributed by atoms with Crippen LogP contribution in [-0.2, 0) is 14.6 Å². The van der Waals surface area contributed by atoms with Gasteiger partial charge in [0.25, 0.3) is 0 Å². The molecule has 172 valence electrons. The molecule has 0 amide bonds. The predicted molar refractivity (Wildman–Crippen MR) is 121 cm³/mol. The maximum absolute atomic E-state index is 10.4. The van der Waals surface area contributed by atoms with Gasteiger partial charge in [0.1, 0.15) is 0 Å². The van der Waals surface area contributed by atoms with Crippen LogP contribution >= 0.6 is 0 Å². The molecule has 0 aromatic carbocycles. The largest absolute Gasteiger partial charge is 0.397 e. The van der Waals surface area contributed by atoms with Crippen LogP contribution in [0.15, 0.2) is 0 Å². The van der Waals surface area contributed by atoms with Crippen molar-refractivity contribution in [3.05, 3.63) is 0 Å². The molecule has 0 aliphatic rings. The van der Waals surface area contributed by atoms with E-state index in [1.807, 2.05) is 0 Å². The first-order chi connectivity index (χ1) is 13.1. The zero-order valence-corrected chi connectivity index (χ0v) is 19.7. The molecule has 0 aromatic heterocycles. The van der Waals surface area contributed by atoms with Crippen LogP contribution in [-0.4, -0.2) is 19.6 Å². The second kappa shape index (κ2) is 23.1. The Morgan fingerprint density at radius 2 is 0.786 bits per heavy atom. The van der Waals surface area contributed by atoms with E-state index in [9.17, 15) is 8.42 Å². The van der Waals surface area contributed by atoms with E-state index >= 15 is 0 Å². The highest BCUT2D eigenvalue weighted by molar-refractivity contribution is 7.80. The number of hydrogen-bond acceptors (Lipinski definition) is 3. The van der Waals surface area contributed by atoms with Crippen LogP contribution in [0.4, 0.5) is 0 Å². The zero-order valence-electron chi connectivity index (χ0n) is 18.9. The molecule has 5 N–H and O–H groups in total. The van der Waals surface area contributed by atoms with Crippen molar-refractivity contribution in [1.29, 1.82) is 0 Å². The van der Waals surface area contributed by atoms with Crippen molar-refractivity contribution in [3.8, 4) is 0 Å². The summed E-state index contributed by atoms with van der Waals surface area (Å²) in [4.78, 5) is 0. The fraction of sp³-hybridized carbons (Fsp3) is 1.00. The Kier molecular flexibility index (Phi) is 24.8. The second-order valence-corrected chi connectivity index (χ2v) is 9.06. The molecule has 0 fully saturated rings. The number of hydrogen-bond donors (Lipinski definition) is 2. The molecule has 0 bridgehead atoms. The summed E-state index contributed by atoms with van der Waals surface area (Å²) >= 11 is 0. The lowest BCUT2D eigenvalue weighted by Gasteiger charge is -2.04. The number of quaternary nitrogens is 1. The van der Waals surface area contributed by atoms with Crippen molar-refractivity contribution in [1.82, 2.24) is 6.15 Å². The molecule has 0 atom stereocenters. The van der Waals surface area contributed by atoms with Crippen molar-refractivity contribution in [3.63, 3.8) is 0 Å². The third-order valence-corrected chi connectivity index (χ3v) is 5.69. The van der Waals surface area contributed by atoms with Gasteiger partial charge in [-0.25, -0.2) is 4.18 Å². The molecule has 0 unspecified atom stereocenters. The molecule has 6 heteroatoms. The first-order valence-electron chi connectivity index (χ1n) is 11.7. The minimum Gasteiger partial charge on any atom is -0.369 e. The van der Waals surface area contributed by atoms with E-state index in [4.69, 9.17) is 4.55 Å². The molecule has 0 saturated heterocycles. The third kappa shape index (κ3) is 28.0. The van der Waals surface area contributed by atoms with E-state index in [-0.39, 0.29) is 12.8 Å². The zero-order chi connectivity index (χ0) is 20.1. The van der Waals surface area contributed by atoms with Crippen molar-refractivity contribution in [2.24, 2.45) is 0 Å². The predicted octanol–water partition coefficient (Wildman–Crippen LogP) is 8.00. The molecule has 0 heterocycles. The second-order valence-electron chi connectivity index (χ2n) is 7.97. The van der Waals surface area contributed by atoms with E-state index in [0.29, 0.717) is 6.42 Å². The van der Waals surface area contributed by atoms with Gasteiger partial charge in [-0.3, -0.25) is 4.55 Å². The SMILES string of the molecule is CCCCCCCCCCCCCCCCCCCCCCOS(=O)(=O)O.[NH4+]. The van der Waals surface area contributed by atoms with Gasteiger partial charge in [0.2, 0.25) is 0 Å². The van der Waals surface area contributed by atoms with Crippen molar-refractivity contribution < 1.29 is 17.2 Å². The Morgan fingerprint density at radius 3 is 1.04 bits per heavy atom. The third-order valence-electron chi connectivity index (χ3n) is 5.23. The van der Waals surface area contributed by atoms with Gasteiger partial charge < -0.3 is 6.15 Å². The summed E-state index contributed by atoms with van der Waals surface area (Å²) < 4.78 is 33.5. The van der Waals surface area contributed by atoms with Crippen molar-refractivity contribution in [2.75, 3.05) is 6.61 Å². The van der Waals surface area contributed by atoms with Crippen LogP contribution in [0.2, 0.25) is 0 Å². The molecule has 5 nitrogen and oxygen atoms in total. The normalized spacial score (nSPS) is 11.5. The summed E-state index contributed by atoms with van der Waals surface area (Å²) in [6, 6.07) is 0. The Balaban J connectivity index is 0. The Hall–Kier alpha value is -0.170. The maximum atomic E-state index is 10.4. The van der Waals surface area contributed by atoms with Gasteiger partial charge >= 0.3 is 10.4 Å². The van der Waals surface area contributed by atoms with Crippen LogP contribution in [0.3, 0.4) is 0 Å². The topological polar surface area (TPSA) is 100 Å². The summed E-state index contributed by atoms with van der Waals surface area (Å²) in [7, 11) is -4.25. The monoisotopic (exact) mass is 424 g/mol. The summed E-state index contributed by atoms with van der Waals surface area (Å²) in [5.74, 6) is 0. The highest BCUT2D eigenvalue weighted by Crippen LogP contribution is 2.14. The van der Waals surface area contributed by atoms with Crippen LogP contribution in [0.1, 0.15) is 135 Å². The summed E-state index contributed by atoms with van der Waals surface area (Å²) in [5.41, 5.74) is 0. The van der Waals surface area contributed by atoms with Gasteiger partial charge in [-0.2, -0.15) is 8.42 Å². The van der Waals surface area contributed by atoms with Crippen LogP contribution < -0.4 is 6.15 Å². The molecule has 0 rings (SSSR count). The molecular weight excluding hydrogens is 374 g/mol. The van der Waals surface area contributed by atoms with Gasteiger partial charge in [-0.1, -0.05) is 129 Å². The molecule has 0 spiro atoms. The molecule has 28 heavy (non-hydrogen) atoms. The Labute approximate surface area is 175 Å². The average molecular weight is 425 g/mol. The smallest absolute Gasteiger partial charge is 0.369 e.